The topological polar surface area (TPSA) is 75.8 Å². The minimum Gasteiger partial charge on any atom is -0.389 e. The largest absolute Gasteiger partial charge is 0.389 e. The van der Waals surface area contributed by atoms with Crippen molar-refractivity contribution in [3.05, 3.63) is 0 Å². The summed E-state index contributed by atoms with van der Waals surface area (Å²) in [5, 5.41) is 9.13. The van der Waals surface area contributed by atoms with Gasteiger partial charge in [-0.25, -0.2) is 4.79 Å². The minimum absolute atomic E-state index is 0.273. The highest BCUT2D eigenvalue weighted by atomic mass is 16.5. The van der Waals surface area contributed by atoms with Crippen LogP contribution in [-0.2, 0) is 4.74 Å². The van der Waals surface area contributed by atoms with Crippen LogP contribution in [-0.4, -0.2) is 48.4 Å². The maximum Gasteiger partial charge on any atom is 0.314 e. The Morgan fingerprint density at radius 1 is 1.73 bits per heavy atom. The Morgan fingerprint density at radius 2 is 2.45 bits per heavy atom. The highest BCUT2D eigenvalue weighted by Crippen LogP contribution is 1.98. The van der Waals surface area contributed by atoms with Crippen molar-refractivity contribution in [3.63, 3.8) is 0 Å². The molecule has 1 atom stereocenters. The molecule has 0 bridgehead atoms. The number of urea groups is 1. The van der Waals surface area contributed by atoms with Gasteiger partial charge in [-0.15, -0.1) is 0 Å². The van der Waals surface area contributed by atoms with E-state index >= 15 is 0 Å². The molecule has 3 N–H and O–H groups in total. The molecule has 1 heterocycles. The molecule has 0 aromatic rings. The third kappa shape index (κ3) is 2.36. The lowest BCUT2D eigenvalue weighted by molar-refractivity contribution is 0.0575. The van der Waals surface area contributed by atoms with Gasteiger partial charge in [0.15, 0.2) is 0 Å². The van der Waals surface area contributed by atoms with Crippen molar-refractivity contribution >= 4 is 6.03 Å². The van der Waals surface area contributed by atoms with Gasteiger partial charge in [0.05, 0.1) is 25.9 Å². The summed E-state index contributed by atoms with van der Waals surface area (Å²) in [6.07, 6.45) is -0.606. The molecule has 1 aliphatic heterocycles. The Labute approximate surface area is 64.7 Å². The Kier molecular flexibility index (Phi) is 2.67. The van der Waals surface area contributed by atoms with E-state index in [0.29, 0.717) is 13.2 Å². The van der Waals surface area contributed by atoms with Gasteiger partial charge in [-0.3, -0.25) is 0 Å². The Morgan fingerprint density at radius 3 is 3.09 bits per heavy atom. The number of nitrogens with zero attached hydrogens (tertiary/aromatic N) is 1. The lowest BCUT2D eigenvalue weighted by Crippen LogP contribution is -2.41. The van der Waals surface area contributed by atoms with Gasteiger partial charge in [-0.1, -0.05) is 0 Å². The van der Waals surface area contributed by atoms with Gasteiger partial charge in [0.1, 0.15) is 0 Å². The van der Waals surface area contributed by atoms with Gasteiger partial charge in [-0.2, -0.15) is 0 Å². The van der Waals surface area contributed by atoms with Crippen molar-refractivity contribution in [2.45, 2.75) is 6.10 Å². The van der Waals surface area contributed by atoms with Crippen LogP contribution in [0.4, 0.5) is 4.79 Å². The molecule has 0 radical (unpaired) electrons. The molecule has 0 saturated carbocycles. The first-order chi connectivity index (χ1) is 5.20. The number of aliphatic hydroxyl groups excluding tert-OH is 1. The van der Waals surface area contributed by atoms with Gasteiger partial charge >= 0.3 is 6.03 Å². The second kappa shape index (κ2) is 3.54. The number of nitrogens with two attached hydrogens (primary N) is 1. The number of hydrogen-bond donors (Lipinski definition) is 2. The molecule has 5 heteroatoms. The molecule has 1 aliphatic rings. The zero-order valence-electron chi connectivity index (χ0n) is 6.19. The third-order valence-electron chi connectivity index (χ3n) is 1.56. The Bertz CT molecular complexity index is 151. The predicted octanol–water partition coefficient (Wildman–Crippen LogP) is -1.24. The lowest BCUT2D eigenvalue weighted by Gasteiger charge is -2.17. The van der Waals surface area contributed by atoms with Crippen LogP contribution in [0, 0.1) is 0 Å². The smallest absolute Gasteiger partial charge is 0.314 e. The Balaban J connectivity index is 2.45. The summed E-state index contributed by atoms with van der Waals surface area (Å²) < 4.78 is 4.99. The van der Waals surface area contributed by atoms with E-state index in [9.17, 15) is 4.79 Å². The number of primary amides is 1. The van der Waals surface area contributed by atoms with Crippen molar-refractivity contribution in [2.75, 3.05) is 26.3 Å². The van der Waals surface area contributed by atoms with Crippen molar-refractivity contribution in [1.29, 1.82) is 0 Å². The number of rotatable bonds is 0. The van der Waals surface area contributed by atoms with Crippen LogP contribution < -0.4 is 5.73 Å². The van der Waals surface area contributed by atoms with Crippen LogP contribution in [0.1, 0.15) is 0 Å². The number of β-amino-alcohol motifs (C(OH)–C–C–N with tert-alkyl or cyclic N) is 1. The summed E-state index contributed by atoms with van der Waals surface area (Å²) in [7, 11) is 0. The Hall–Kier alpha value is -0.810. The molecule has 11 heavy (non-hydrogen) atoms. The maximum absolute atomic E-state index is 10.6. The minimum atomic E-state index is -0.606. The first kappa shape index (κ1) is 8.29. The van der Waals surface area contributed by atoms with Crippen LogP contribution in [0.15, 0.2) is 0 Å². The summed E-state index contributed by atoms with van der Waals surface area (Å²) in [5.74, 6) is 0. The van der Waals surface area contributed by atoms with E-state index in [0.717, 1.165) is 0 Å². The highest BCUT2D eigenvalue weighted by Gasteiger charge is 2.18. The average Bonchev–Trinajstić information content (AvgIpc) is 2.13. The van der Waals surface area contributed by atoms with Gasteiger partial charge in [0, 0.05) is 6.54 Å². The number of carbonyl (C=O) groups excluding carboxylic acids is 1. The molecule has 1 rings (SSSR count). The number of aliphatic hydroxyl groups is 1. The lowest BCUT2D eigenvalue weighted by atomic mass is 10.3. The van der Waals surface area contributed by atoms with Gasteiger partial charge in [0.25, 0.3) is 0 Å². The van der Waals surface area contributed by atoms with Crippen molar-refractivity contribution in [2.24, 2.45) is 5.73 Å². The summed E-state index contributed by atoms with van der Waals surface area (Å²) in [6, 6.07) is -0.505. The van der Waals surface area contributed by atoms with Gasteiger partial charge in [-0.05, 0) is 0 Å². The molecule has 0 spiro atoms. The average molecular weight is 160 g/mol. The molecule has 0 aromatic heterocycles. The van der Waals surface area contributed by atoms with Crippen LogP contribution in [0.3, 0.4) is 0 Å². The molecule has 5 nitrogen and oxygen atoms in total. The third-order valence-corrected chi connectivity index (χ3v) is 1.56. The monoisotopic (exact) mass is 160 g/mol. The summed E-state index contributed by atoms with van der Waals surface area (Å²) in [4.78, 5) is 12.0. The molecular weight excluding hydrogens is 148 g/mol. The fourth-order valence-electron chi connectivity index (χ4n) is 0.993. The van der Waals surface area contributed by atoms with Crippen molar-refractivity contribution < 1.29 is 14.6 Å². The summed E-state index contributed by atoms with van der Waals surface area (Å²) >= 11 is 0. The second-order valence-corrected chi connectivity index (χ2v) is 2.51. The first-order valence-electron chi connectivity index (χ1n) is 3.50. The van der Waals surface area contributed by atoms with E-state index in [-0.39, 0.29) is 13.2 Å². The zero-order chi connectivity index (χ0) is 8.27. The quantitative estimate of drug-likeness (QED) is 0.465. The van der Waals surface area contributed by atoms with E-state index in [1.54, 1.807) is 0 Å². The highest BCUT2D eigenvalue weighted by molar-refractivity contribution is 5.72. The predicted molar refractivity (Wildman–Crippen MR) is 38.0 cm³/mol. The number of hydrogen-bond acceptors (Lipinski definition) is 3. The fraction of sp³-hybridized carbons (Fsp3) is 0.833. The normalized spacial score (nSPS) is 26.3. The molecule has 0 aromatic carbocycles. The number of amides is 2. The summed E-state index contributed by atoms with van der Waals surface area (Å²) in [6.45, 7) is 1.46. The van der Waals surface area contributed by atoms with Gasteiger partial charge in [0.2, 0.25) is 0 Å². The fourth-order valence-corrected chi connectivity index (χ4v) is 0.993. The molecular formula is C6H12N2O3. The standard InChI is InChI=1S/C6H12N2O3/c7-6(10)8-1-2-11-4-5(9)3-8/h5,9H,1-4H2,(H2,7,10). The van der Waals surface area contributed by atoms with Gasteiger partial charge < -0.3 is 20.5 Å². The van der Waals surface area contributed by atoms with E-state index in [1.807, 2.05) is 0 Å². The van der Waals surface area contributed by atoms with Crippen LogP contribution in [0.2, 0.25) is 0 Å². The maximum atomic E-state index is 10.6. The molecule has 1 unspecified atom stereocenters. The summed E-state index contributed by atoms with van der Waals surface area (Å²) in [5.41, 5.74) is 5.02. The zero-order valence-corrected chi connectivity index (χ0v) is 6.19. The molecule has 0 aliphatic carbocycles. The van der Waals surface area contributed by atoms with E-state index in [2.05, 4.69) is 0 Å². The first-order valence-corrected chi connectivity index (χ1v) is 3.50. The van der Waals surface area contributed by atoms with Crippen LogP contribution in [0.5, 0.6) is 0 Å². The second-order valence-electron chi connectivity index (χ2n) is 2.51. The van der Waals surface area contributed by atoms with Crippen molar-refractivity contribution in [3.8, 4) is 0 Å². The van der Waals surface area contributed by atoms with Crippen LogP contribution in [0.25, 0.3) is 0 Å². The number of ether oxygens (including phenoxy) is 1. The molecule has 64 valence electrons. The van der Waals surface area contributed by atoms with Crippen molar-refractivity contribution in [1.82, 2.24) is 4.90 Å². The van der Waals surface area contributed by atoms with Crippen LogP contribution >= 0.6 is 0 Å². The molecule has 1 saturated heterocycles. The van der Waals surface area contributed by atoms with E-state index in [1.165, 1.54) is 4.90 Å². The number of carbonyl (C=O) groups is 1. The van der Waals surface area contributed by atoms with E-state index < -0.39 is 12.1 Å². The molecule has 1 fully saturated rings. The van der Waals surface area contributed by atoms with E-state index in [4.69, 9.17) is 15.6 Å². The molecule has 2 amide bonds. The SMILES string of the molecule is NC(=O)N1CCOCC(O)C1.